The van der Waals surface area contributed by atoms with Gasteiger partial charge in [0.15, 0.2) is 0 Å². The molecule has 0 radical (unpaired) electrons. The van der Waals surface area contributed by atoms with E-state index in [1.165, 1.54) is 0 Å². The summed E-state index contributed by atoms with van der Waals surface area (Å²) < 4.78 is 21.9. The summed E-state index contributed by atoms with van der Waals surface area (Å²) in [6.07, 6.45) is 0.202. The molecule has 0 bridgehead atoms. The molecule has 0 heterocycles. The molecule has 0 rings (SSSR count). The average Bonchev–Trinajstić information content (AvgIpc) is 2.29. The van der Waals surface area contributed by atoms with Crippen LogP contribution in [0.1, 0.15) is 19.3 Å². The van der Waals surface area contributed by atoms with Crippen LogP contribution in [0.4, 0.5) is 0 Å². The van der Waals surface area contributed by atoms with Crippen LogP contribution in [0.5, 0.6) is 0 Å². The lowest BCUT2D eigenvalue weighted by Crippen LogP contribution is -2.49. The minimum Gasteiger partial charge on any atom is -0.481 e. The zero-order valence-electron chi connectivity index (χ0n) is 10.9. The van der Waals surface area contributed by atoms with Crippen LogP contribution in [0.3, 0.4) is 0 Å². The highest BCUT2D eigenvalue weighted by atomic mass is 32.2. The molecular weight excluding hydrogens is 292 g/mol. The smallest absolute Gasteiger partial charge is 0.326 e. The van der Waals surface area contributed by atoms with Crippen molar-refractivity contribution < 1.29 is 33.0 Å². The molecule has 10 heteroatoms. The van der Waals surface area contributed by atoms with Crippen molar-refractivity contribution in [2.75, 3.05) is 12.0 Å². The van der Waals surface area contributed by atoms with Gasteiger partial charge in [0.25, 0.3) is 0 Å². The lowest BCUT2D eigenvalue weighted by molar-refractivity contribution is -0.142. The molecule has 9 nitrogen and oxygen atoms in total. The Morgan fingerprint density at radius 1 is 1.20 bits per heavy atom. The van der Waals surface area contributed by atoms with E-state index in [1.54, 1.807) is 0 Å². The van der Waals surface area contributed by atoms with E-state index in [1.807, 2.05) is 0 Å². The van der Waals surface area contributed by atoms with E-state index in [-0.39, 0.29) is 19.3 Å². The van der Waals surface area contributed by atoms with Crippen LogP contribution in [-0.2, 0) is 24.2 Å². The Bertz CT molecular complexity index is 474. The first-order valence-corrected chi connectivity index (χ1v) is 7.77. The third-order valence-electron chi connectivity index (χ3n) is 2.40. The summed E-state index contributed by atoms with van der Waals surface area (Å²) in [5.41, 5.74) is 5.41. The highest BCUT2D eigenvalue weighted by molar-refractivity contribution is 7.90. The maximum atomic E-state index is 11.6. The van der Waals surface area contributed by atoms with Crippen molar-refractivity contribution >= 4 is 27.7 Å². The molecule has 5 N–H and O–H groups in total. The molecule has 0 aromatic heterocycles. The summed E-state index contributed by atoms with van der Waals surface area (Å²) in [5.74, 6) is -3.73. The molecule has 2 unspecified atom stereocenters. The minimum absolute atomic E-state index is 0.139. The molecular formula is C10H18N2O7S. The molecule has 20 heavy (non-hydrogen) atoms. The van der Waals surface area contributed by atoms with Crippen LogP contribution in [0, 0.1) is 0 Å². The Kier molecular flexibility index (Phi) is 7.14. The number of carboxylic acids is 2. The minimum atomic E-state index is -3.35. The summed E-state index contributed by atoms with van der Waals surface area (Å²) in [5, 5.41) is 19.4. The number of nitrogens with two attached hydrogens (primary N) is 1. The van der Waals surface area contributed by atoms with Gasteiger partial charge in [-0.3, -0.25) is 9.59 Å². The number of aliphatic carboxylic acids is 2. The van der Waals surface area contributed by atoms with Crippen molar-refractivity contribution in [3.05, 3.63) is 0 Å². The van der Waals surface area contributed by atoms with Gasteiger partial charge in [0.2, 0.25) is 5.91 Å². The van der Waals surface area contributed by atoms with Crippen LogP contribution >= 0.6 is 0 Å². The number of carbonyl (C=O) groups is 3. The predicted molar refractivity (Wildman–Crippen MR) is 68.7 cm³/mol. The molecule has 0 aromatic carbocycles. The standard InChI is InChI=1S/C10H18N2O7S/c1-20(18,19)5-4-7(10(16)17)12-9(15)6(11)2-3-8(13)14/h6-7H,2-5,11H2,1H3,(H,12,15)(H,13,14)(H,16,17). The van der Waals surface area contributed by atoms with E-state index in [4.69, 9.17) is 15.9 Å². The molecule has 2 atom stereocenters. The second-order valence-electron chi connectivity index (χ2n) is 4.36. The first-order valence-electron chi connectivity index (χ1n) is 5.71. The summed E-state index contributed by atoms with van der Waals surface area (Å²) in [6, 6.07) is -2.54. The van der Waals surface area contributed by atoms with Gasteiger partial charge >= 0.3 is 11.9 Å². The summed E-state index contributed by atoms with van der Waals surface area (Å²) in [7, 11) is -3.35. The zero-order valence-corrected chi connectivity index (χ0v) is 11.7. The van der Waals surface area contributed by atoms with Crippen LogP contribution in [0.25, 0.3) is 0 Å². The SMILES string of the molecule is CS(=O)(=O)CCC(NC(=O)C(N)CCC(=O)O)C(=O)O. The number of hydrogen-bond donors (Lipinski definition) is 4. The first kappa shape index (κ1) is 18.3. The molecule has 0 aromatic rings. The van der Waals surface area contributed by atoms with Gasteiger partial charge in [-0.25, -0.2) is 13.2 Å². The number of amides is 1. The maximum Gasteiger partial charge on any atom is 0.326 e. The first-order chi connectivity index (χ1) is 9.03. The Hall–Kier alpha value is -1.68. The normalized spacial score (nSPS) is 14.3. The maximum absolute atomic E-state index is 11.6. The summed E-state index contributed by atoms with van der Waals surface area (Å²) in [6.45, 7) is 0. The van der Waals surface area contributed by atoms with Crippen LogP contribution < -0.4 is 11.1 Å². The van der Waals surface area contributed by atoms with Crippen molar-refractivity contribution in [1.82, 2.24) is 5.32 Å². The highest BCUT2D eigenvalue weighted by Gasteiger charge is 2.24. The monoisotopic (exact) mass is 310 g/mol. The van der Waals surface area contributed by atoms with Crippen molar-refractivity contribution in [1.29, 1.82) is 0 Å². The molecule has 116 valence electrons. The van der Waals surface area contributed by atoms with Gasteiger partial charge in [0.05, 0.1) is 11.8 Å². The fraction of sp³-hybridized carbons (Fsp3) is 0.700. The van der Waals surface area contributed by atoms with Gasteiger partial charge in [-0.05, 0) is 12.8 Å². The number of sulfone groups is 1. The Labute approximate surface area is 116 Å². The molecule has 0 aliphatic heterocycles. The highest BCUT2D eigenvalue weighted by Crippen LogP contribution is 2.00. The number of nitrogens with one attached hydrogen (secondary N) is 1. The van der Waals surface area contributed by atoms with E-state index >= 15 is 0 Å². The van der Waals surface area contributed by atoms with Crippen molar-refractivity contribution in [3.63, 3.8) is 0 Å². The topological polar surface area (TPSA) is 164 Å². The third-order valence-corrected chi connectivity index (χ3v) is 3.38. The Morgan fingerprint density at radius 3 is 2.15 bits per heavy atom. The number of hydrogen-bond acceptors (Lipinski definition) is 6. The van der Waals surface area contributed by atoms with Crippen molar-refractivity contribution in [2.24, 2.45) is 5.73 Å². The van der Waals surface area contributed by atoms with E-state index < -0.39 is 45.5 Å². The summed E-state index contributed by atoms with van der Waals surface area (Å²) >= 11 is 0. The molecule has 0 saturated carbocycles. The lowest BCUT2D eigenvalue weighted by Gasteiger charge is -2.17. The van der Waals surface area contributed by atoms with Crippen molar-refractivity contribution in [2.45, 2.75) is 31.3 Å². The van der Waals surface area contributed by atoms with E-state index in [2.05, 4.69) is 5.32 Å². The third kappa shape index (κ3) is 8.43. The molecule has 0 aliphatic carbocycles. The number of carbonyl (C=O) groups excluding carboxylic acids is 1. The van der Waals surface area contributed by atoms with E-state index in [0.29, 0.717) is 0 Å². The molecule has 0 spiro atoms. The quantitative estimate of drug-likeness (QED) is 0.386. The lowest BCUT2D eigenvalue weighted by atomic mass is 10.1. The fourth-order valence-electron chi connectivity index (χ4n) is 1.28. The van der Waals surface area contributed by atoms with Gasteiger partial charge in [-0.15, -0.1) is 0 Å². The fourth-order valence-corrected chi connectivity index (χ4v) is 1.94. The second-order valence-corrected chi connectivity index (χ2v) is 6.62. The van der Waals surface area contributed by atoms with Gasteiger partial charge in [0.1, 0.15) is 15.9 Å². The Morgan fingerprint density at radius 2 is 1.75 bits per heavy atom. The van der Waals surface area contributed by atoms with Crippen molar-refractivity contribution in [3.8, 4) is 0 Å². The van der Waals surface area contributed by atoms with Crippen LogP contribution in [-0.4, -0.2) is 60.6 Å². The molecule has 0 fully saturated rings. The van der Waals surface area contributed by atoms with E-state index in [0.717, 1.165) is 6.26 Å². The van der Waals surface area contributed by atoms with Gasteiger partial charge in [-0.1, -0.05) is 0 Å². The van der Waals surface area contributed by atoms with Gasteiger partial charge < -0.3 is 21.3 Å². The summed E-state index contributed by atoms with van der Waals surface area (Å²) in [4.78, 5) is 32.8. The Balaban J connectivity index is 4.47. The molecule has 1 amide bonds. The second kappa shape index (κ2) is 7.80. The van der Waals surface area contributed by atoms with Gasteiger partial charge in [0, 0.05) is 12.7 Å². The van der Waals surface area contributed by atoms with Gasteiger partial charge in [-0.2, -0.15) is 0 Å². The molecule has 0 saturated heterocycles. The van der Waals surface area contributed by atoms with Crippen LogP contribution in [0.2, 0.25) is 0 Å². The number of carboxylic acid groups (broad SMARTS) is 2. The van der Waals surface area contributed by atoms with Crippen LogP contribution in [0.15, 0.2) is 0 Å². The largest absolute Gasteiger partial charge is 0.481 e. The average molecular weight is 310 g/mol. The predicted octanol–water partition coefficient (Wildman–Crippen LogP) is -1.82. The molecule has 0 aliphatic rings. The zero-order chi connectivity index (χ0) is 15.9. The van der Waals surface area contributed by atoms with E-state index in [9.17, 15) is 22.8 Å². The number of rotatable bonds is 9.